The van der Waals surface area contributed by atoms with Crippen molar-refractivity contribution in [1.82, 2.24) is 0 Å². The molecule has 2 aromatic carbocycles. The van der Waals surface area contributed by atoms with Gasteiger partial charge in [0.05, 0.1) is 12.2 Å². The summed E-state index contributed by atoms with van der Waals surface area (Å²) in [5.41, 5.74) is 0. The Labute approximate surface area is 205 Å². The molecule has 0 amide bonds. The zero-order valence-electron chi connectivity index (χ0n) is 18.9. The SMILES string of the molecule is C[C@H]1[C@@H](CO[Si](c2ccccc2)(c2ccccc2)C(C)(C)C)[C@@H]2CC(Br)C(Br)C[C@H]1O2. The summed E-state index contributed by atoms with van der Waals surface area (Å²) in [6.45, 7) is 10.2. The molecule has 0 aliphatic carbocycles. The highest BCUT2D eigenvalue weighted by molar-refractivity contribution is 9.12. The number of alkyl halides is 2. The van der Waals surface area contributed by atoms with Crippen LogP contribution in [-0.4, -0.2) is 36.8 Å². The largest absolute Gasteiger partial charge is 0.407 e. The monoisotopic (exact) mass is 564 g/mol. The second-order valence-corrected chi connectivity index (χ2v) is 16.9. The standard InChI is InChI=1S/C26H34Br2O2Si/c1-18-21(25-16-23(28)22(27)15-24(18)30-25)17-29-31(26(2,3)4,19-11-7-5-8-12-19)20-13-9-6-10-14-20/h5-14,18,21-25H,15-17H2,1-4H3/t18-,21+,22?,23?,24+,25-/m0/s1. The van der Waals surface area contributed by atoms with Gasteiger partial charge in [0.2, 0.25) is 0 Å². The first-order valence-corrected chi connectivity index (χ1v) is 15.2. The lowest BCUT2D eigenvalue weighted by atomic mass is 9.83. The van der Waals surface area contributed by atoms with Crippen molar-refractivity contribution in [3.05, 3.63) is 60.7 Å². The molecule has 2 nitrogen and oxygen atoms in total. The normalized spacial score (nSPS) is 31.4. The lowest BCUT2D eigenvalue weighted by molar-refractivity contribution is 0.0299. The molecule has 0 radical (unpaired) electrons. The predicted octanol–water partition coefficient (Wildman–Crippen LogP) is 5.90. The molecule has 4 rings (SSSR count). The molecule has 31 heavy (non-hydrogen) atoms. The molecule has 0 aromatic heterocycles. The van der Waals surface area contributed by atoms with E-state index in [4.69, 9.17) is 9.16 Å². The summed E-state index contributed by atoms with van der Waals surface area (Å²) in [4.78, 5) is 0.925. The molecule has 6 atom stereocenters. The average molecular weight is 566 g/mol. The van der Waals surface area contributed by atoms with Gasteiger partial charge in [-0.1, -0.05) is 120 Å². The van der Waals surface area contributed by atoms with Crippen molar-refractivity contribution < 1.29 is 9.16 Å². The molecule has 2 unspecified atom stereocenters. The van der Waals surface area contributed by atoms with Gasteiger partial charge in [-0.2, -0.15) is 0 Å². The minimum absolute atomic E-state index is 0.00326. The highest BCUT2D eigenvalue weighted by atomic mass is 79.9. The Hall–Kier alpha value is -0.463. The van der Waals surface area contributed by atoms with E-state index >= 15 is 0 Å². The van der Waals surface area contributed by atoms with Gasteiger partial charge < -0.3 is 9.16 Å². The Balaban J connectivity index is 1.69. The molecule has 168 valence electrons. The first-order chi connectivity index (χ1) is 14.7. The van der Waals surface area contributed by atoms with Crippen LogP contribution in [0.5, 0.6) is 0 Å². The average Bonchev–Trinajstić information content (AvgIpc) is 2.93. The van der Waals surface area contributed by atoms with Gasteiger partial charge in [-0.25, -0.2) is 0 Å². The maximum Gasteiger partial charge on any atom is 0.261 e. The van der Waals surface area contributed by atoms with Crippen LogP contribution in [0.1, 0.15) is 40.5 Å². The van der Waals surface area contributed by atoms with Crippen LogP contribution >= 0.6 is 31.9 Å². The molecular formula is C26H34Br2O2Si. The molecule has 0 N–H and O–H groups in total. The van der Waals surface area contributed by atoms with E-state index in [1.54, 1.807) is 0 Å². The minimum atomic E-state index is -2.51. The van der Waals surface area contributed by atoms with Crippen LogP contribution in [-0.2, 0) is 9.16 Å². The van der Waals surface area contributed by atoms with E-state index in [0.29, 0.717) is 27.6 Å². The van der Waals surface area contributed by atoms with E-state index in [1.165, 1.54) is 10.4 Å². The molecule has 0 saturated carbocycles. The Kier molecular flexibility index (Phi) is 7.20. The molecule has 2 aliphatic heterocycles. The number of fused-ring (bicyclic) bond motifs is 2. The Morgan fingerprint density at radius 3 is 1.84 bits per heavy atom. The van der Waals surface area contributed by atoms with Crippen molar-refractivity contribution in [2.24, 2.45) is 11.8 Å². The van der Waals surface area contributed by atoms with Gasteiger partial charge in [-0.15, -0.1) is 0 Å². The van der Waals surface area contributed by atoms with E-state index in [-0.39, 0.29) is 11.1 Å². The molecule has 2 bridgehead atoms. The first-order valence-electron chi connectivity index (χ1n) is 11.4. The van der Waals surface area contributed by atoms with E-state index in [2.05, 4.69) is 120 Å². The highest BCUT2D eigenvalue weighted by Crippen LogP contribution is 2.45. The highest BCUT2D eigenvalue weighted by Gasteiger charge is 2.52. The fraction of sp³-hybridized carbons (Fsp3) is 0.538. The van der Waals surface area contributed by atoms with Crippen LogP contribution in [0.4, 0.5) is 0 Å². The first kappa shape index (κ1) is 23.7. The number of hydrogen-bond donors (Lipinski definition) is 0. The summed E-state index contributed by atoms with van der Waals surface area (Å²) in [6.07, 6.45) is 2.66. The zero-order chi connectivity index (χ0) is 22.2. The summed E-state index contributed by atoms with van der Waals surface area (Å²) in [5.74, 6) is 0.926. The van der Waals surface area contributed by atoms with Gasteiger partial charge in [0.1, 0.15) is 0 Å². The number of halogens is 2. The van der Waals surface area contributed by atoms with Gasteiger partial charge in [0.15, 0.2) is 0 Å². The van der Waals surface area contributed by atoms with Crippen molar-refractivity contribution >= 4 is 50.6 Å². The van der Waals surface area contributed by atoms with Crippen LogP contribution in [0.15, 0.2) is 60.7 Å². The molecule has 2 fully saturated rings. The lowest BCUT2D eigenvalue weighted by Gasteiger charge is -2.44. The van der Waals surface area contributed by atoms with Gasteiger partial charge in [0, 0.05) is 22.2 Å². The van der Waals surface area contributed by atoms with Gasteiger partial charge >= 0.3 is 0 Å². The van der Waals surface area contributed by atoms with E-state index < -0.39 is 8.32 Å². The maximum atomic E-state index is 7.26. The van der Waals surface area contributed by atoms with E-state index in [9.17, 15) is 0 Å². The summed E-state index contributed by atoms with van der Waals surface area (Å²) < 4.78 is 13.8. The summed E-state index contributed by atoms with van der Waals surface area (Å²) in [6, 6.07) is 21.9. The molecule has 0 spiro atoms. The third kappa shape index (κ3) is 4.50. The Morgan fingerprint density at radius 1 is 0.871 bits per heavy atom. The smallest absolute Gasteiger partial charge is 0.261 e. The van der Waals surface area contributed by atoms with Crippen LogP contribution in [0.3, 0.4) is 0 Å². The van der Waals surface area contributed by atoms with Crippen molar-refractivity contribution in [1.29, 1.82) is 0 Å². The number of ether oxygens (including phenoxy) is 1. The molecular weight excluding hydrogens is 532 g/mol. The van der Waals surface area contributed by atoms with Gasteiger partial charge in [-0.05, 0) is 34.2 Å². The number of benzene rings is 2. The molecule has 5 heteroatoms. The summed E-state index contributed by atoms with van der Waals surface area (Å²) >= 11 is 7.75. The van der Waals surface area contributed by atoms with E-state index in [0.717, 1.165) is 19.4 Å². The van der Waals surface area contributed by atoms with Crippen LogP contribution < -0.4 is 10.4 Å². The quantitative estimate of drug-likeness (QED) is 0.332. The summed E-state index contributed by atoms with van der Waals surface area (Å²) in [5, 5.41) is 2.70. The number of hydrogen-bond acceptors (Lipinski definition) is 2. The summed E-state index contributed by atoms with van der Waals surface area (Å²) in [7, 11) is -2.51. The molecule has 2 aliphatic rings. The zero-order valence-corrected chi connectivity index (χ0v) is 23.1. The maximum absolute atomic E-state index is 7.26. The molecule has 2 heterocycles. The van der Waals surface area contributed by atoms with Crippen LogP contribution in [0.25, 0.3) is 0 Å². The molecule has 2 aromatic rings. The van der Waals surface area contributed by atoms with Crippen LogP contribution in [0.2, 0.25) is 5.04 Å². The van der Waals surface area contributed by atoms with Crippen LogP contribution in [0, 0.1) is 11.8 Å². The molecule has 2 saturated heterocycles. The fourth-order valence-corrected chi connectivity index (χ4v) is 11.3. The number of rotatable bonds is 5. The third-order valence-corrected chi connectivity index (χ3v) is 15.0. The van der Waals surface area contributed by atoms with E-state index in [1.807, 2.05) is 0 Å². The van der Waals surface area contributed by atoms with Gasteiger partial charge in [-0.3, -0.25) is 0 Å². The fourth-order valence-electron chi connectivity index (χ4n) is 5.55. The van der Waals surface area contributed by atoms with Crippen molar-refractivity contribution in [3.63, 3.8) is 0 Å². The minimum Gasteiger partial charge on any atom is -0.407 e. The van der Waals surface area contributed by atoms with Crippen molar-refractivity contribution in [2.45, 2.75) is 67.4 Å². The Morgan fingerprint density at radius 2 is 1.35 bits per heavy atom. The Bertz CT molecular complexity index is 815. The van der Waals surface area contributed by atoms with Crippen molar-refractivity contribution in [2.75, 3.05) is 6.61 Å². The lowest BCUT2D eigenvalue weighted by Crippen LogP contribution is -2.67. The third-order valence-electron chi connectivity index (χ3n) is 7.31. The second kappa shape index (κ2) is 9.42. The second-order valence-electron chi connectivity index (χ2n) is 10.2. The topological polar surface area (TPSA) is 18.5 Å². The van der Waals surface area contributed by atoms with Crippen molar-refractivity contribution in [3.8, 4) is 0 Å². The van der Waals surface area contributed by atoms with Gasteiger partial charge in [0.25, 0.3) is 8.32 Å². The predicted molar refractivity (Wildman–Crippen MR) is 140 cm³/mol.